The summed E-state index contributed by atoms with van der Waals surface area (Å²) >= 11 is 0. The number of hydrogen-bond acceptors (Lipinski definition) is 5. The van der Waals surface area contributed by atoms with Crippen LogP contribution < -0.4 is 5.32 Å². The Labute approximate surface area is 122 Å². The van der Waals surface area contributed by atoms with Crippen LogP contribution in [0.3, 0.4) is 0 Å². The number of carbonyl (C=O) groups excluding carboxylic acids is 1. The van der Waals surface area contributed by atoms with Gasteiger partial charge >= 0.3 is 0 Å². The largest absolute Gasteiger partial charge is 0.378 e. The maximum absolute atomic E-state index is 11.8. The van der Waals surface area contributed by atoms with Crippen molar-refractivity contribution >= 4 is 5.91 Å². The number of hydrogen-bond donors (Lipinski definition) is 1. The molecule has 7 nitrogen and oxygen atoms in total. The zero-order valence-corrected chi connectivity index (χ0v) is 11.4. The molecule has 0 radical (unpaired) electrons. The first-order chi connectivity index (χ1) is 10.3. The van der Waals surface area contributed by atoms with Crippen LogP contribution in [-0.4, -0.2) is 40.4 Å². The van der Waals surface area contributed by atoms with Crippen LogP contribution in [-0.2, 0) is 11.3 Å². The maximum atomic E-state index is 11.8. The molecule has 0 atom stereocenters. The number of benzene rings is 1. The molecule has 2 rings (SSSR count). The molecule has 0 saturated heterocycles. The number of rotatable bonds is 7. The van der Waals surface area contributed by atoms with Crippen molar-refractivity contribution in [2.24, 2.45) is 0 Å². The highest BCUT2D eigenvalue weighted by atomic mass is 16.5. The van der Waals surface area contributed by atoms with Gasteiger partial charge in [0.1, 0.15) is 12.7 Å². The van der Waals surface area contributed by atoms with Gasteiger partial charge in [-0.25, -0.2) is 4.98 Å². The molecular weight excluding hydrogens is 270 g/mol. The van der Waals surface area contributed by atoms with Crippen LogP contribution in [0.1, 0.15) is 15.9 Å². The highest BCUT2D eigenvalue weighted by Gasteiger charge is 2.05. The average molecular weight is 285 g/mol. The third kappa shape index (κ3) is 4.71. The summed E-state index contributed by atoms with van der Waals surface area (Å²) in [5, 5.41) is 15.5. The predicted octanol–water partition coefficient (Wildman–Crippen LogP) is 0.596. The first-order valence-corrected chi connectivity index (χ1v) is 6.48. The number of ether oxygens (including phenoxy) is 1. The Morgan fingerprint density at radius 1 is 1.43 bits per heavy atom. The van der Waals surface area contributed by atoms with Crippen LogP contribution in [0, 0.1) is 11.3 Å². The summed E-state index contributed by atoms with van der Waals surface area (Å²) in [7, 11) is 0. The van der Waals surface area contributed by atoms with Crippen LogP contribution in [0.25, 0.3) is 0 Å². The molecule has 108 valence electrons. The fourth-order valence-corrected chi connectivity index (χ4v) is 1.68. The molecule has 21 heavy (non-hydrogen) atoms. The minimum Gasteiger partial charge on any atom is -0.378 e. The van der Waals surface area contributed by atoms with Crippen molar-refractivity contribution in [3.63, 3.8) is 0 Å². The Morgan fingerprint density at radius 3 is 3.10 bits per heavy atom. The number of carbonyl (C=O) groups is 1. The van der Waals surface area contributed by atoms with Gasteiger partial charge in [-0.2, -0.15) is 10.4 Å². The summed E-state index contributed by atoms with van der Waals surface area (Å²) in [5.74, 6) is -0.216. The van der Waals surface area contributed by atoms with Crippen molar-refractivity contribution in [1.82, 2.24) is 20.1 Å². The zero-order valence-electron chi connectivity index (χ0n) is 11.4. The second-order valence-electron chi connectivity index (χ2n) is 4.22. The number of nitrogens with one attached hydrogen (secondary N) is 1. The molecular formula is C14H15N5O2. The van der Waals surface area contributed by atoms with E-state index in [9.17, 15) is 4.79 Å². The fourth-order valence-electron chi connectivity index (χ4n) is 1.68. The summed E-state index contributed by atoms with van der Waals surface area (Å²) in [4.78, 5) is 15.7. The van der Waals surface area contributed by atoms with E-state index in [1.807, 2.05) is 6.07 Å². The van der Waals surface area contributed by atoms with E-state index in [2.05, 4.69) is 15.4 Å². The summed E-state index contributed by atoms with van der Waals surface area (Å²) in [5.41, 5.74) is 0.934. The van der Waals surface area contributed by atoms with Gasteiger partial charge in [-0.05, 0) is 18.2 Å². The summed E-state index contributed by atoms with van der Waals surface area (Å²) in [6.07, 6.45) is 3.09. The van der Waals surface area contributed by atoms with E-state index in [-0.39, 0.29) is 5.91 Å². The van der Waals surface area contributed by atoms with Crippen LogP contribution in [0.4, 0.5) is 0 Å². The minimum atomic E-state index is -0.216. The van der Waals surface area contributed by atoms with Gasteiger partial charge in [0.25, 0.3) is 5.91 Å². The SMILES string of the molecule is N#Cc1cccc(C(=O)NCCOCCn2cncn2)c1. The van der Waals surface area contributed by atoms with Crippen molar-refractivity contribution in [3.8, 4) is 6.07 Å². The van der Waals surface area contributed by atoms with E-state index < -0.39 is 0 Å². The minimum absolute atomic E-state index is 0.216. The van der Waals surface area contributed by atoms with Gasteiger partial charge in [-0.3, -0.25) is 9.48 Å². The third-order valence-electron chi connectivity index (χ3n) is 2.72. The molecule has 1 aromatic heterocycles. The van der Waals surface area contributed by atoms with E-state index in [1.165, 1.54) is 6.33 Å². The highest BCUT2D eigenvalue weighted by molar-refractivity contribution is 5.94. The molecule has 0 fully saturated rings. The second-order valence-corrected chi connectivity index (χ2v) is 4.22. The molecule has 1 N–H and O–H groups in total. The zero-order chi connectivity index (χ0) is 14.9. The quantitative estimate of drug-likeness (QED) is 0.752. The Morgan fingerprint density at radius 2 is 2.33 bits per heavy atom. The molecule has 0 aliphatic carbocycles. The molecule has 0 bridgehead atoms. The topological polar surface area (TPSA) is 92.8 Å². The van der Waals surface area contributed by atoms with Gasteiger partial charge in [-0.15, -0.1) is 0 Å². The lowest BCUT2D eigenvalue weighted by Crippen LogP contribution is -2.27. The smallest absolute Gasteiger partial charge is 0.251 e. The lowest BCUT2D eigenvalue weighted by molar-refractivity contribution is 0.0906. The number of nitrogens with zero attached hydrogens (tertiary/aromatic N) is 4. The van der Waals surface area contributed by atoms with Crippen molar-refractivity contribution in [1.29, 1.82) is 5.26 Å². The van der Waals surface area contributed by atoms with Gasteiger partial charge in [0.15, 0.2) is 0 Å². The lowest BCUT2D eigenvalue weighted by atomic mass is 10.1. The first kappa shape index (κ1) is 14.7. The molecule has 2 aromatic rings. The Balaban J connectivity index is 1.64. The number of nitriles is 1. The highest BCUT2D eigenvalue weighted by Crippen LogP contribution is 2.03. The standard InChI is InChI=1S/C14H15N5O2/c15-9-12-2-1-3-13(8-12)14(20)17-4-6-21-7-5-19-11-16-10-18-19/h1-3,8,10-11H,4-7H2,(H,17,20). The van der Waals surface area contributed by atoms with Gasteiger partial charge in [0, 0.05) is 12.1 Å². The Bertz CT molecular complexity index is 619. The number of amides is 1. The van der Waals surface area contributed by atoms with Crippen LogP contribution in [0.15, 0.2) is 36.9 Å². The normalized spacial score (nSPS) is 10.0. The molecule has 0 unspecified atom stereocenters. The summed E-state index contributed by atoms with van der Waals surface area (Å²) in [6.45, 7) is 1.95. The summed E-state index contributed by atoms with van der Waals surface area (Å²) < 4.78 is 7.06. The molecule has 0 aliphatic rings. The van der Waals surface area contributed by atoms with Gasteiger partial charge in [0.05, 0.1) is 31.4 Å². The van der Waals surface area contributed by atoms with Crippen LogP contribution >= 0.6 is 0 Å². The Hall–Kier alpha value is -2.72. The Kier molecular flexibility index (Phi) is 5.43. The second kappa shape index (κ2) is 7.77. The van der Waals surface area contributed by atoms with Crippen molar-refractivity contribution in [3.05, 3.63) is 48.0 Å². The third-order valence-corrected chi connectivity index (χ3v) is 2.72. The van der Waals surface area contributed by atoms with Crippen LogP contribution in [0.5, 0.6) is 0 Å². The fraction of sp³-hybridized carbons (Fsp3) is 0.286. The molecule has 1 amide bonds. The van der Waals surface area contributed by atoms with Gasteiger partial charge in [-0.1, -0.05) is 6.07 Å². The van der Waals surface area contributed by atoms with E-state index in [0.29, 0.717) is 37.4 Å². The molecule has 0 aliphatic heterocycles. The van der Waals surface area contributed by atoms with E-state index in [0.717, 1.165) is 0 Å². The lowest BCUT2D eigenvalue weighted by Gasteiger charge is -2.06. The average Bonchev–Trinajstić information content (AvgIpc) is 3.04. The van der Waals surface area contributed by atoms with Crippen molar-refractivity contribution < 1.29 is 9.53 Å². The monoisotopic (exact) mass is 285 g/mol. The van der Waals surface area contributed by atoms with E-state index >= 15 is 0 Å². The van der Waals surface area contributed by atoms with E-state index in [1.54, 1.807) is 35.3 Å². The molecule has 7 heteroatoms. The first-order valence-electron chi connectivity index (χ1n) is 6.48. The maximum Gasteiger partial charge on any atom is 0.251 e. The van der Waals surface area contributed by atoms with Crippen molar-refractivity contribution in [2.75, 3.05) is 19.8 Å². The molecule has 0 spiro atoms. The van der Waals surface area contributed by atoms with Crippen molar-refractivity contribution in [2.45, 2.75) is 6.54 Å². The van der Waals surface area contributed by atoms with Gasteiger partial charge < -0.3 is 10.1 Å². The molecule has 0 saturated carbocycles. The summed E-state index contributed by atoms with van der Waals surface area (Å²) in [6, 6.07) is 8.57. The molecule has 1 aromatic carbocycles. The van der Waals surface area contributed by atoms with Gasteiger partial charge in [0.2, 0.25) is 0 Å². The van der Waals surface area contributed by atoms with Crippen LogP contribution in [0.2, 0.25) is 0 Å². The molecule has 1 heterocycles. The number of aromatic nitrogens is 3. The predicted molar refractivity (Wildman–Crippen MR) is 74.3 cm³/mol. The van der Waals surface area contributed by atoms with E-state index in [4.69, 9.17) is 10.00 Å².